The maximum absolute atomic E-state index is 13.0. The van der Waals surface area contributed by atoms with E-state index in [2.05, 4.69) is 5.32 Å². The molecule has 5 nitrogen and oxygen atoms in total. The van der Waals surface area contributed by atoms with Gasteiger partial charge in [-0.15, -0.1) is 0 Å². The number of nitrogen functional groups attached to an aromatic ring is 1. The maximum atomic E-state index is 13.0. The molecular weight excluding hydrogens is 319 g/mol. The largest absolute Gasteiger partial charge is 0.399 e. The summed E-state index contributed by atoms with van der Waals surface area (Å²) in [5.41, 5.74) is 8.24. The summed E-state index contributed by atoms with van der Waals surface area (Å²) in [6.45, 7) is 0.893. The first kappa shape index (κ1) is 17.0. The summed E-state index contributed by atoms with van der Waals surface area (Å²) in [5.74, 6) is 0.0455. The Morgan fingerprint density at radius 2 is 1.80 bits per heavy atom. The molecule has 1 heterocycles. The summed E-state index contributed by atoms with van der Waals surface area (Å²) in [6, 6.07) is 13.3. The van der Waals surface area contributed by atoms with Crippen LogP contribution in [0.25, 0.3) is 0 Å². The average Bonchev–Trinajstić information content (AvgIpc) is 2.97. The van der Waals surface area contributed by atoms with Crippen LogP contribution in [0.5, 0.6) is 0 Å². The van der Waals surface area contributed by atoms with Gasteiger partial charge in [-0.1, -0.05) is 24.3 Å². The number of anilines is 1. The van der Waals surface area contributed by atoms with Crippen molar-refractivity contribution in [2.75, 3.05) is 5.73 Å². The molecule has 2 aromatic carbocycles. The first-order valence-electron chi connectivity index (χ1n) is 8.23. The Morgan fingerprint density at radius 3 is 2.48 bits per heavy atom. The van der Waals surface area contributed by atoms with Crippen LogP contribution >= 0.6 is 0 Å². The lowest BCUT2D eigenvalue weighted by molar-refractivity contribution is -0.128. The van der Waals surface area contributed by atoms with Gasteiger partial charge in [0.1, 0.15) is 11.7 Å². The zero-order valence-electron chi connectivity index (χ0n) is 13.8. The molecule has 0 aliphatic carbocycles. The smallest absolute Gasteiger partial charge is 0.223 e. The number of hydrogen-bond acceptors (Lipinski definition) is 3. The van der Waals surface area contributed by atoms with Gasteiger partial charge in [0.15, 0.2) is 0 Å². The molecule has 1 fully saturated rings. The van der Waals surface area contributed by atoms with Gasteiger partial charge in [0.25, 0.3) is 0 Å². The number of rotatable bonds is 5. The number of nitrogens with zero attached hydrogens (tertiary/aromatic N) is 1. The zero-order valence-corrected chi connectivity index (χ0v) is 13.8. The van der Waals surface area contributed by atoms with Crippen molar-refractivity contribution in [2.45, 2.75) is 32.0 Å². The molecule has 130 valence electrons. The Kier molecular flexibility index (Phi) is 4.97. The van der Waals surface area contributed by atoms with E-state index in [1.165, 1.54) is 12.1 Å². The molecular formula is C19H21FN4O. The fourth-order valence-electron chi connectivity index (χ4n) is 2.97. The molecule has 0 saturated carbocycles. The second kappa shape index (κ2) is 7.34. The lowest BCUT2D eigenvalue weighted by Crippen LogP contribution is -2.43. The average molecular weight is 340 g/mol. The second-order valence-electron chi connectivity index (χ2n) is 6.21. The predicted molar refractivity (Wildman–Crippen MR) is 95.4 cm³/mol. The van der Waals surface area contributed by atoms with Gasteiger partial charge in [0, 0.05) is 25.2 Å². The summed E-state index contributed by atoms with van der Waals surface area (Å²) in [4.78, 5) is 13.9. The SMILES string of the molecule is N=C(NCc1ccc(N)cc1)[C@@H]1CCC(=O)N1Cc1ccc(F)cc1. The van der Waals surface area contributed by atoms with E-state index in [0.717, 1.165) is 11.1 Å². The number of amides is 1. The van der Waals surface area contributed by atoms with Crippen molar-refractivity contribution < 1.29 is 9.18 Å². The van der Waals surface area contributed by atoms with Crippen LogP contribution in [0.2, 0.25) is 0 Å². The number of nitrogens with one attached hydrogen (secondary N) is 2. The third-order valence-electron chi connectivity index (χ3n) is 4.39. The molecule has 1 saturated heterocycles. The Bertz CT molecular complexity index is 758. The summed E-state index contributed by atoms with van der Waals surface area (Å²) in [6.07, 6.45) is 1.05. The van der Waals surface area contributed by atoms with Crippen LogP contribution in [-0.4, -0.2) is 22.7 Å². The lowest BCUT2D eigenvalue weighted by atomic mass is 10.1. The second-order valence-corrected chi connectivity index (χ2v) is 6.21. The number of hydrogen-bond donors (Lipinski definition) is 3. The fraction of sp³-hybridized carbons (Fsp3) is 0.263. The van der Waals surface area contributed by atoms with Gasteiger partial charge in [-0.2, -0.15) is 0 Å². The highest BCUT2D eigenvalue weighted by molar-refractivity contribution is 5.92. The van der Waals surface area contributed by atoms with E-state index in [1.54, 1.807) is 17.0 Å². The van der Waals surface area contributed by atoms with Gasteiger partial charge in [0.05, 0.1) is 6.04 Å². The Morgan fingerprint density at radius 1 is 1.16 bits per heavy atom. The molecule has 0 spiro atoms. The van der Waals surface area contributed by atoms with Gasteiger partial charge < -0.3 is 16.0 Å². The standard InChI is InChI=1S/C19H21FN4O/c20-15-5-1-14(2-6-15)12-24-17(9-10-18(24)25)19(22)23-11-13-3-7-16(21)8-4-13/h1-8,17H,9-12,21H2,(H2,22,23)/t17-/m0/s1. The van der Waals surface area contributed by atoms with Gasteiger partial charge in [-0.3, -0.25) is 10.2 Å². The van der Waals surface area contributed by atoms with Crippen molar-refractivity contribution in [1.82, 2.24) is 10.2 Å². The van der Waals surface area contributed by atoms with Gasteiger partial charge in [-0.05, 0) is 41.8 Å². The molecule has 0 unspecified atom stereocenters. The topological polar surface area (TPSA) is 82.2 Å². The van der Waals surface area contributed by atoms with Crippen molar-refractivity contribution in [3.8, 4) is 0 Å². The van der Waals surface area contributed by atoms with Crippen molar-refractivity contribution in [2.24, 2.45) is 0 Å². The summed E-state index contributed by atoms with van der Waals surface area (Å²) >= 11 is 0. The highest BCUT2D eigenvalue weighted by Gasteiger charge is 2.33. The Hall–Kier alpha value is -2.89. The minimum absolute atomic E-state index is 0.0216. The summed E-state index contributed by atoms with van der Waals surface area (Å²) in [7, 11) is 0. The van der Waals surface area contributed by atoms with Crippen molar-refractivity contribution in [3.05, 3.63) is 65.5 Å². The highest BCUT2D eigenvalue weighted by atomic mass is 19.1. The number of benzene rings is 2. The molecule has 4 N–H and O–H groups in total. The van der Waals surface area contributed by atoms with E-state index in [1.807, 2.05) is 24.3 Å². The first-order chi connectivity index (χ1) is 12.0. The van der Waals surface area contributed by atoms with Crippen LogP contribution in [0.15, 0.2) is 48.5 Å². The van der Waals surface area contributed by atoms with Crippen molar-refractivity contribution in [3.63, 3.8) is 0 Å². The highest BCUT2D eigenvalue weighted by Crippen LogP contribution is 2.22. The van der Waals surface area contributed by atoms with E-state index in [0.29, 0.717) is 37.5 Å². The van der Waals surface area contributed by atoms with Gasteiger partial charge in [0.2, 0.25) is 5.91 Å². The monoisotopic (exact) mass is 340 g/mol. The number of carbonyl (C=O) groups is 1. The number of nitrogens with two attached hydrogens (primary N) is 1. The normalized spacial score (nSPS) is 16.9. The molecule has 2 aromatic rings. The lowest BCUT2D eigenvalue weighted by Gasteiger charge is -2.26. The van der Waals surface area contributed by atoms with Gasteiger partial charge in [-0.25, -0.2) is 4.39 Å². The van der Waals surface area contributed by atoms with E-state index >= 15 is 0 Å². The van der Waals surface area contributed by atoms with Crippen LogP contribution < -0.4 is 11.1 Å². The van der Waals surface area contributed by atoms with Crippen LogP contribution in [-0.2, 0) is 17.9 Å². The van der Waals surface area contributed by atoms with Crippen molar-refractivity contribution in [1.29, 1.82) is 5.41 Å². The zero-order chi connectivity index (χ0) is 17.8. The fourth-order valence-corrected chi connectivity index (χ4v) is 2.97. The number of likely N-dealkylation sites (tertiary alicyclic amines) is 1. The molecule has 6 heteroatoms. The van der Waals surface area contributed by atoms with E-state index in [-0.39, 0.29) is 17.8 Å². The third kappa shape index (κ3) is 4.15. The van der Waals surface area contributed by atoms with Gasteiger partial charge >= 0.3 is 0 Å². The summed E-state index contributed by atoms with van der Waals surface area (Å²) in [5, 5.41) is 11.4. The van der Waals surface area contributed by atoms with Crippen LogP contribution in [0, 0.1) is 11.2 Å². The quantitative estimate of drug-likeness (QED) is 0.445. The predicted octanol–water partition coefficient (Wildman–Crippen LogP) is 2.67. The van der Waals surface area contributed by atoms with Crippen LogP contribution in [0.3, 0.4) is 0 Å². The molecule has 25 heavy (non-hydrogen) atoms. The summed E-state index contributed by atoms with van der Waals surface area (Å²) < 4.78 is 13.0. The number of halogens is 1. The molecule has 0 bridgehead atoms. The first-order valence-corrected chi connectivity index (χ1v) is 8.23. The number of amidine groups is 1. The number of carbonyl (C=O) groups excluding carboxylic acids is 1. The Labute approximate surface area is 146 Å². The molecule has 3 rings (SSSR count). The molecule has 0 radical (unpaired) electrons. The molecule has 1 atom stereocenters. The third-order valence-corrected chi connectivity index (χ3v) is 4.39. The van der Waals surface area contributed by atoms with Crippen LogP contribution in [0.1, 0.15) is 24.0 Å². The van der Waals surface area contributed by atoms with Crippen LogP contribution in [0.4, 0.5) is 10.1 Å². The van der Waals surface area contributed by atoms with Crippen molar-refractivity contribution >= 4 is 17.4 Å². The van der Waals surface area contributed by atoms with E-state index in [9.17, 15) is 9.18 Å². The van der Waals surface area contributed by atoms with E-state index < -0.39 is 0 Å². The maximum Gasteiger partial charge on any atom is 0.223 e. The molecule has 1 aliphatic heterocycles. The van der Waals surface area contributed by atoms with E-state index in [4.69, 9.17) is 11.1 Å². The Balaban J connectivity index is 1.62. The molecule has 1 aliphatic rings. The molecule has 0 aromatic heterocycles. The minimum Gasteiger partial charge on any atom is -0.399 e. The minimum atomic E-state index is -0.300. The molecule has 1 amide bonds.